The van der Waals surface area contributed by atoms with E-state index in [9.17, 15) is 9.59 Å². The number of amides is 2. The number of halogens is 1. The lowest BCUT2D eigenvalue weighted by Gasteiger charge is -2.36. The molecule has 0 atom stereocenters. The third kappa shape index (κ3) is 6.22. The second-order valence-electron chi connectivity index (χ2n) is 8.88. The molecule has 2 heterocycles. The number of aromatic nitrogens is 4. The molecule has 0 aliphatic carbocycles. The quantitative estimate of drug-likeness (QED) is 0.318. The number of tetrazole rings is 1. The topological polar surface area (TPSA) is 96.2 Å². The van der Waals surface area contributed by atoms with Crippen molar-refractivity contribution in [2.45, 2.75) is 12.1 Å². The normalized spacial score (nSPS) is 13.4. The molecule has 11 heteroatoms. The van der Waals surface area contributed by atoms with E-state index in [1.807, 2.05) is 84.6 Å². The van der Waals surface area contributed by atoms with Crippen LogP contribution in [0.3, 0.4) is 0 Å². The molecule has 0 spiro atoms. The highest BCUT2D eigenvalue weighted by Crippen LogP contribution is 2.22. The summed E-state index contributed by atoms with van der Waals surface area (Å²) in [5.41, 5.74) is 4.42. The summed E-state index contributed by atoms with van der Waals surface area (Å²) in [6.07, 6.45) is 0. The van der Waals surface area contributed by atoms with Crippen molar-refractivity contribution in [1.29, 1.82) is 0 Å². The Morgan fingerprint density at radius 3 is 2.37 bits per heavy atom. The number of nitrogens with zero attached hydrogens (tertiary/aromatic N) is 6. The Kier molecular flexibility index (Phi) is 8.04. The minimum atomic E-state index is -0.142. The van der Waals surface area contributed by atoms with Crippen molar-refractivity contribution in [2.24, 2.45) is 0 Å². The first-order chi connectivity index (χ1) is 18.5. The van der Waals surface area contributed by atoms with Gasteiger partial charge in [0.25, 0.3) is 5.91 Å². The van der Waals surface area contributed by atoms with Gasteiger partial charge in [0.1, 0.15) is 0 Å². The van der Waals surface area contributed by atoms with Crippen LogP contribution < -0.4 is 10.2 Å². The van der Waals surface area contributed by atoms with Crippen molar-refractivity contribution >= 4 is 50.9 Å². The number of anilines is 2. The predicted octanol–water partition coefficient (Wildman–Crippen LogP) is 4.43. The van der Waals surface area contributed by atoms with Gasteiger partial charge < -0.3 is 15.1 Å². The number of thioether (sulfide) groups is 1. The van der Waals surface area contributed by atoms with Gasteiger partial charge in [-0.1, -0.05) is 45.4 Å². The highest BCUT2D eigenvalue weighted by Gasteiger charge is 2.22. The number of carbonyl (C=O) groups excluding carboxylic acids is 2. The Balaban J connectivity index is 1.11. The Labute approximate surface area is 233 Å². The van der Waals surface area contributed by atoms with Crippen LogP contribution in [0.2, 0.25) is 0 Å². The van der Waals surface area contributed by atoms with Crippen molar-refractivity contribution in [1.82, 2.24) is 25.1 Å². The zero-order valence-corrected chi connectivity index (χ0v) is 23.2. The molecular weight excluding hydrogens is 566 g/mol. The smallest absolute Gasteiger partial charge is 0.253 e. The maximum absolute atomic E-state index is 12.8. The summed E-state index contributed by atoms with van der Waals surface area (Å²) >= 11 is 4.69. The molecule has 1 fully saturated rings. The van der Waals surface area contributed by atoms with Crippen LogP contribution in [0.4, 0.5) is 11.4 Å². The van der Waals surface area contributed by atoms with E-state index in [1.165, 1.54) is 11.8 Å². The molecular formula is C27H26BrN7O2S. The van der Waals surface area contributed by atoms with Gasteiger partial charge in [-0.25, -0.2) is 0 Å². The third-order valence-corrected chi connectivity index (χ3v) is 7.64. The van der Waals surface area contributed by atoms with Crippen LogP contribution in [0.15, 0.2) is 82.4 Å². The Hall–Kier alpha value is -3.70. The molecule has 1 aliphatic heterocycles. The Bertz CT molecular complexity index is 1420. The number of carbonyl (C=O) groups is 2. The van der Waals surface area contributed by atoms with E-state index in [-0.39, 0.29) is 17.6 Å². The fourth-order valence-corrected chi connectivity index (χ4v) is 5.18. The zero-order chi connectivity index (χ0) is 26.5. The number of rotatable bonds is 7. The molecule has 3 aromatic carbocycles. The summed E-state index contributed by atoms with van der Waals surface area (Å²) in [6.45, 7) is 4.85. The average molecular weight is 593 g/mol. The molecule has 0 bridgehead atoms. The summed E-state index contributed by atoms with van der Waals surface area (Å²) in [5.74, 6) is 0.113. The molecule has 0 unspecified atom stereocenters. The van der Waals surface area contributed by atoms with Gasteiger partial charge in [-0.05, 0) is 78.0 Å². The van der Waals surface area contributed by atoms with E-state index in [2.05, 4.69) is 41.7 Å². The first-order valence-corrected chi connectivity index (χ1v) is 13.9. The van der Waals surface area contributed by atoms with Gasteiger partial charge in [0, 0.05) is 47.6 Å². The van der Waals surface area contributed by atoms with Crippen LogP contribution in [-0.4, -0.2) is 68.9 Å². The fourth-order valence-electron chi connectivity index (χ4n) is 4.22. The summed E-state index contributed by atoms with van der Waals surface area (Å²) in [4.78, 5) is 29.5. The van der Waals surface area contributed by atoms with E-state index in [0.717, 1.165) is 45.8 Å². The Morgan fingerprint density at radius 2 is 1.66 bits per heavy atom. The molecule has 2 amide bonds. The Morgan fingerprint density at radius 1 is 0.947 bits per heavy atom. The molecule has 1 aliphatic rings. The van der Waals surface area contributed by atoms with Gasteiger partial charge >= 0.3 is 0 Å². The van der Waals surface area contributed by atoms with Gasteiger partial charge in [-0.15, -0.1) is 5.10 Å². The molecule has 0 saturated carbocycles. The molecule has 1 N–H and O–H groups in total. The molecule has 5 rings (SSSR count). The van der Waals surface area contributed by atoms with Crippen LogP contribution in [0.5, 0.6) is 0 Å². The van der Waals surface area contributed by atoms with Gasteiger partial charge in [0.05, 0.1) is 11.4 Å². The van der Waals surface area contributed by atoms with Gasteiger partial charge in [0.15, 0.2) is 0 Å². The number of piperazine rings is 1. The molecule has 0 radical (unpaired) electrons. The lowest BCUT2D eigenvalue weighted by atomic mass is 10.1. The lowest BCUT2D eigenvalue weighted by molar-refractivity contribution is -0.113. The van der Waals surface area contributed by atoms with Crippen LogP contribution >= 0.6 is 27.7 Å². The van der Waals surface area contributed by atoms with E-state index in [4.69, 9.17) is 0 Å². The molecule has 1 saturated heterocycles. The van der Waals surface area contributed by atoms with Crippen molar-refractivity contribution < 1.29 is 9.59 Å². The largest absolute Gasteiger partial charge is 0.368 e. The maximum atomic E-state index is 12.8. The number of hydrogen-bond donors (Lipinski definition) is 1. The van der Waals surface area contributed by atoms with Gasteiger partial charge in [0.2, 0.25) is 11.1 Å². The average Bonchev–Trinajstić information content (AvgIpc) is 3.41. The summed E-state index contributed by atoms with van der Waals surface area (Å²) in [6, 6.07) is 23.1. The van der Waals surface area contributed by atoms with E-state index in [0.29, 0.717) is 18.2 Å². The highest BCUT2D eigenvalue weighted by atomic mass is 79.9. The first kappa shape index (κ1) is 25.9. The molecule has 1 aromatic heterocycles. The number of hydrogen-bond acceptors (Lipinski definition) is 7. The fraction of sp³-hybridized carbons (Fsp3) is 0.222. The second-order valence-corrected chi connectivity index (χ2v) is 10.7. The number of aryl methyl sites for hydroxylation is 1. The first-order valence-electron chi connectivity index (χ1n) is 12.1. The highest BCUT2D eigenvalue weighted by molar-refractivity contribution is 9.10. The minimum Gasteiger partial charge on any atom is -0.368 e. The standard InChI is InChI=1S/C27H26BrN7O2S/c1-19-3-2-4-20(17-19)26(37)34-15-13-33(14-16-34)23-11-7-22(8-12-23)29-25(36)18-38-27-30-31-32-35(27)24-9-5-21(28)6-10-24/h2-12,17H,13-16,18H2,1H3,(H,29,36). The molecule has 9 nitrogen and oxygen atoms in total. The summed E-state index contributed by atoms with van der Waals surface area (Å²) < 4.78 is 2.57. The predicted molar refractivity (Wildman–Crippen MR) is 152 cm³/mol. The van der Waals surface area contributed by atoms with E-state index >= 15 is 0 Å². The lowest BCUT2D eigenvalue weighted by Crippen LogP contribution is -2.48. The molecule has 38 heavy (non-hydrogen) atoms. The van der Waals surface area contributed by atoms with Crippen molar-refractivity contribution in [3.63, 3.8) is 0 Å². The zero-order valence-electron chi connectivity index (χ0n) is 20.7. The number of nitrogens with one attached hydrogen (secondary N) is 1. The van der Waals surface area contributed by atoms with Gasteiger partial charge in [-0.3, -0.25) is 9.59 Å². The van der Waals surface area contributed by atoms with Crippen molar-refractivity contribution in [3.8, 4) is 5.69 Å². The SMILES string of the molecule is Cc1cccc(C(=O)N2CCN(c3ccc(NC(=O)CSc4nnnn4-c4ccc(Br)cc4)cc3)CC2)c1. The van der Waals surface area contributed by atoms with Gasteiger partial charge in [-0.2, -0.15) is 4.68 Å². The molecule has 4 aromatic rings. The van der Waals surface area contributed by atoms with Crippen molar-refractivity contribution in [3.05, 3.63) is 88.4 Å². The van der Waals surface area contributed by atoms with Crippen LogP contribution in [0.25, 0.3) is 5.69 Å². The number of benzene rings is 3. The summed E-state index contributed by atoms with van der Waals surface area (Å²) in [7, 11) is 0. The van der Waals surface area contributed by atoms with Crippen LogP contribution in [-0.2, 0) is 4.79 Å². The third-order valence-electron chi connectivity index (χ3n) is 6.19. The second kappa shape index (κ2) is 11.8. The van der Waals surface area contributed by atoms with Crippen LogP contribution in [0, 0.1) is 6.92 Å². The van der Waals surface area contributed by atoms with E-state index < -0.39 is 0 Å². The maximum Gasteiger partial charge on any atom is 0.253 e. The van der Waals surface area contributed by atoms with Crippen LogP contribution in [0.1, 0.15) is 15.9 Å². The molecule has 194 valence electrons. The van der Waals surface area contributed by atoms with E-state index in [1.54, 1.807) is 4.68 Å². The van der Waals surface area contributed by atoms with Crippen molar-refractivity contribution in [2.75, 3.05) is 42.1 Å². The monoisotopic (exact) mass is 591 g/mol. The summed E-state index contributed by atoms with van der Waals surface area (Å²) in [5, 5.41) is 15.3. The minimum absolute atomic E-state index is 0.0788.